The number of hydrogen-bond donors (Lipinski definition) is 1. The smallest absolute Gasteiger partial charge is 0.325 e. The van der Waals surface area contributed by atoms with Gasteiger partial charge in [-0.1, -0.05) is 32.4 Å². The van der Waals surface area contributed by atoms with Crippen LogP contribution in [0.5, 0.6) is 0 Å². The number of likely N-dealkylation sites (N-methyl/N-ethyl adjacent to an activating group) is 1. The first-order chi connectivity index (χ1) is 14.0. The Morgan fingerprint density at radius 3 is 2.17 bits per heavy atom. The molecule has 0 unspecified atom stereocenters. The number of hydrogen-bond acceptors (Lipinski definition) is 6. The van der Waals surface area contributed by atoms with E-state index in [1.54, 1.807) is 18.7 Å². The van der Waals surface area contributed by atoms with Crippen molar-refractivity contribution in [2.24, 2.45) is 5.92 Å². The van der Waals surface area contributed by atoms with Gasteiger partial charge in [0.15, 0.2) is 6.10 Å². The van der Waals surface area contributed by atoms with Crippen LogP contribution in [0.4, 0.5) is 0 Å². The summed E-state index contributed by atoms with van der Waals surface area (Å²) in [5, 5.41) is 0.404. The summed E-state index contributed by atoms with van der Waals surface area (Å²) >= 11 is 5.81. The largest absolute Gasteiger partial charge is 0.451 e. The fourth-order valence-electron chi connectivity index (χ4n) is 3.14. The first-order valence-electron chi connectivity index (χ1n) is 10.0. The van der Waals surface area contributed by atoms with Crippen LogP contribution in [-0.4, -0.2) is 75.0 Å². The number of carbonyl (C=O) groups is 2. The molecule has 0 spiro atoms. The molecule has 8 nitrogen and oxygen atoms in total. The molecule has 10 heteroatoms. The van der Waals surface area contributed by atoms with Crippen molar-refractivity contribution in [3.8, 4) is 0 Å². The fourth-order valence-corrected chi connectivity index (χ4v) is 4.60. The molecule has 2 rings (SSSR count). The SMILES string of the molecule is CCN1CCN(C(=O)[C@@H](C)OC(=O)[C@H](NS(=O)(=O)c2ccc(Cl)cc2)C(C)C)CC1. The Labute approximate surface area is 183 Å². The van der Waals surface area contributed by atoms with Gasteiger partial charge < -0.3 is 14.5 Å². The van der Waals surface area contributed by atoms with E-state index < -0.39 is 28.1 Å². The number of piperazine rings is 1. The summed E-state index contributed by atoms with van der Waals surface area (Å²) in [5.41, 5.74) is 0. The minimum Gasteiger partial charge on any atom is -0.451 e. The summed E-state index contributed by atoms with van der Waals surface area (Å²) in [6, 6.07) is 4.50. The van der Waals surface area contributed by atoms with Crippen molar-refractivity contribution in [2.45, 2.75) is 44.7 Å². The van der Waals surface area contributed by atoms with Crippen molar-refractivity contribution < 1.29 is 22.7 Å². The van der Waals surface area contributed by atoms with E-state index in [0.717, 1.165) is 19.6 Å². The molecule has 2 atom stereocenters. The summed E-state index contributed by atoms with van der Waals surface area (Å²) in [7, 11) is -3.96. The molecule has 1 aromatic carbocycles. The van der Waals surface area contributed by atoms with Crippen LogP contribution >= 0.6 is 11.6 Å². The molecule has 0 saturated carbocycles. The van der Waals surface area contributed by atoms with Gasteiger partial charge in [0.1, 0.15) is 6.04 Å². The molecule has 0 radical (unpaired) electrons. The van der Waals surface area contributed by atoms with E-state index in [4.69, 9.17) is 16.3 Å². The van der Waals surface area contributed by atoms with Gasteiger partial charge in [0.25, 0.3) is 5.91 Å². The average molecular weight is 460 g/mol. The minimum absolute atomic E-state index is 0.0109. The van der Waals surface area contributed by atoms with E-state index in [-0.39, 0.29) is 16.7 Å². The van der Waals surface area contributed by atoms with Crippen LogP contribution in [0.3, 0.4) is 0 Å². The lowest BCUT2D eigenvalue weighted by molar-refractivity contribution is -0.162. The van der Waals surface area contributed by atoms with Crippen LogP contribution in [0.1, 0.15) is 27.7 Å². The molecule has 1 aliphatic heterocycles. The normalized spacial score (nSPS) is 17.6. The van der Waals surface area contributed by atoms with Gasteiger partial charge in [0.2, 0.25) is 10.0 Å². The molecule has 1 aliphatic rings. The van der Waals surface area contributed by atoms with Gasteiger partial charge in [-0.3, -0.25) is 9.59 Å². The summed E-state index contributed by atoms with van der Waals surface area (Å²) in [6.45, 7) is 10.6. The molecule has 0 aliphatic carbocycles. The molecule has 1 heterocycles. The molecule has 168 valence electrons. The van der Waals surface area contributed by atoms with Crippen molar-refractivity contribution in [1.82, 2.24) is 14.5 Å². The number of halogens is 1. The van der Waals surface area contributed by atoms with Crippen LogP contribution < -0.4 is 4.72 Å². The topological polar surface area (TPSA) is 96.0 Å². The van der Waals surface area contributed by atoms with Gasteiger partial charge in [-0.25, -0.2) is 8.42 Å². The second kappa shape index (κ2) is 10.6. The van der Waals surface area contributed by atoms with Crippen LogP contribution in [0.25, 0.3) is 0 Å². The lowest BCUT2D eigenvalue weighted by Gasteiger charge is -2.35. The first kappa shape index (κ1) is 24.6. The number of rotatable bonds is 8. The predicted octanol–water partition coefficient (Wildman–Crippen LogP) is 1.74. The molecule has 1 aromatic rings. The zero-order valence-corrected chi connectivity index (χ0v) is 19.4. The highest BCUT2D eigenvalue weighted by Gasteiger charge is 2.33. The van der Waals surface area contributed by atoms with E-state index in [1.807, 2.05) is 0 Å². The Kier molecular flexibility index (Phi) is 8.66. The maximum absolute atomic E-state index is 12.7. The summed E-state index contributed by atoms with van der Waals surface area (Å²) in [4.78, 5) is 29.2. The number of carbonyl (C=O) groups excluding carboxylic acids is 2. The third-order valence-corrected chi connectivity index (χ3v) is 6.81. The molecular formula is C20H30ClN3O5S. The third kappa shape index (κ3) is 6.41. The molecule has 1 amide bonds. The standard InChI is InChI=1S/C20H30ClN3O5S/c1-5-23-10-12-24(13-11-23)19(25)15(4)29-20(26)18(14(2)3)22-30(27,28)17-8-6-16(21)7-9-17/h6-9,14-15,18,22H,5,10-13H2,1-4H3/t15-,18-/m1/s1. The van der Waals surface area contributed by atoms with Gasteiger partial charge in [-0.05, 0) is 43.7 Å². The van der Waals surface area contributed by atoms with Gasteiger partial charge in [0, 0.05) is 31.2 Å². The van der Waals surface area contributed by atoms with E-state index in [2.05, 4.69) is 16.5 Å². The number of amides is 1. The monoisotopic (exact) mass is 459 g/mol. The zero-order valence-electron chi connectivity index (χ0n) is 17.8. The zero-order chi connectivity index (χ0) is 22.5. The maximum atomic E-state index is 12.7. The lowest BCUT2D eigenvalue weighted by Crippen LogP contribution is -2.52. The van der Waals surface area contributed by atoms with E-state index in [0.29, 0.717) is 18.1 Å². The summed E-state index contributed by atoms with van der Waals surface area (Å²) in [5.74, 6) is -1.44. The summed E-state index contributed by atoms with van der Waals surface area (Å²) in [6.07, 6.45) is -0.994. The quantitative estimate of drug-likeness (QED) is 0.595. The average Bonchev–Trinajstić information content (AvgIpc) is 2.71. The Morgan fingerprint density at radius 2 is 1.67 bits per heavy atom. The molecule has 30 heavy (non-hydrogen) atoms. The van der Waals surface area contributed by atoms with Crippen molar-refractivity contribution >= 4 is 33.5 Å². The fraction of sp³-hybridized carbons (Fsp3) is 0.600. The second-order valence-electron chi connectivity index (χ2n) is 7.64. The summed E-state index contributed by atoms with van der Waals surface area (Å²) < 4.78 is 33.0. The van der Waals surface area contributed by atoms with Crippen LogP contribution in [0.15, 0.2) is 29.2 Å². The van der Waals surface area contributed by atoms with Crippen molar-refractivity contribution in [3.05, 3.63) is 29.3 Å². The van der Waals surface area contributed by atoms with Crippen LogP contribution in [0.2, 0.25) is 5.02 Å². The van der Waals surface area contributed by atoms with Crippen LogP contribution in [0, 0.1) is 5.92 Å². The molecule has 0 bridgehead atoms. The Balaban J connectivity index is 2.02. The lowest BCUT2D eigenvalue weighted by atomic mass is 10.1. The number of sulfonamides is 1. The van der Waals surface area contributed by atoms with E-state index in [1.165, 1.54) is 31.2 Å². The van der Waals surface area contributed by atoms with Crippen molar-refractivity contribution in [3.63, 3.8) is 0 Å². The number of nitrogens with one attached hydrogen (secondary N) is 1. The molecule has 1 fully saturated rings. The second-order valence-corrected chi connectivity index (χ2v) is 9.79. The Bertz CT molecular complexity index is 837. The molecule has 0 aromatic heterocycles. The number of benzene rings is 1. The van der Waals surface area contributed by atoms with E-state index >= 15 is 0 Å². The highest BCUT2D eigenvalue weighted by Crippen LogP contribution is 2.17. The van der Waals surface area contributed by atoms with Gasteiger partial charge in [-0.2, -0.15) is 4.72 Å². The number of ether oxygens (including phenoxy) is 1. The Morgan fingerprint density at radius 1 is 1.10 bits per heavy atom. The minimum atomic E-state index is -3.96. The molecule has 1 saturated heterocycles. The molecule has 1 N–H and O–H groups in total. The highest BCUT2D eigenvalue weighted by molar-refractivity contribution is 7.89. The van der Waals surface area contributed by atoms with Gasteiger partial charge >= 0.3 is 5.97 Å². The number of esters is 1. The van der Waals surface area contributed by atoms with E-state index in [9.17, 15) is 18.0 Å². The Hall–Kier alpha value is -1.68. The first-order valence-corrected chi connectivity index (χ1v) is 11.9. The molecular weight excluding hydrogens is 430 g/mol. The van der Waals surface area contributed by atoms with Crippen molar-refractivity contribution in [1.29, 1.82) is 0 Å². The maximum Gasteiger partial charge on any atom is 0.325 e. The third-order valence-electron chi connectivity index (χ3n) is 5.10. The van der Waals surface area contributed by atoms with Gasteiger partial charge in [0.05, 0.1) is 4.90 Å². The predicted molar refractivity (Wildman–Crippen MR) is 115 cm³/mol. The number of nitrogens with zero attached hydrogens (tertiary/aromatic N) is 2. The van der Waals surface area contributed by atoms with Crippen LogP contribution in [-0.2, 0) is 24.3 Å². The van der Waals surface area contributed by atoms with Gasteiger partial charge in [-0.15, -0.1) is 0 Å². The highest BCUT2D eigenvalue weighted by atomic mass is 35.5. The van der Waals surface area contributed by atoms with Crippen molar-refractivity contribution in [2.75, 3.05) is 32.7 Å².